The van der Waals surface area contributed by atoms with Crippen LogP contribution in [-0.2, 0) is 19.1 Å². The molecule has 2 heterocycles. The van der Waals surface area contributed by atoms with Crippen molar-refractivity contribution in [3.05, 3.63) is 24.3 Å². The quantitative estimate of drug-likeness (QED) is 0.654. The van der Waals surface area contributed by atoms with Gasteiger partial charge in [-0.05, 0) is 37.8 Å². The van der Waals surface area contributed by atoms with Crippen molar-refractivity contribution in [3.63, 3.8) is 0 Å². The van der Waals surface area contributed by atoms with Crippen LogP contribution in [0.15, 0.2) is 24.3 Å². The first kappa shape index (κ1) is 22.1. The molecule has 8 heteroatoms. The summed E-state index contributed by atoms with van der Waals surface area (Å²) in [6.45, 7) is 2.90. The van der Waals surface area contributed by atoms with Gasteiger partial charge in [-0.1, -0.05) is 12.1 Å². The molecule has 2 aliphatic heterocycles. The lowest BCUT2D eigenvalue weighted by Gasteiger charge is -2.35. The van der Waals surface area contributed by atoms with E-state index in [0.29, 0.717) is 69.9 Å². The summed E-state index contributed by atoms with van der Waals surface area (Å²) >= 11 is 0. The summed E-state index contributed by atoms with van der Waals surface area (Å²) in [6, 6.07) is 7.27. The van der Waals surface area contributed by atoms with Crippen molar-refractivity contribution >= 4 is 23.4 Å². The number of anilines is 1. The first-order chi connectivity index (χ1) is 14.6. The monoisotopic (exact) mass is 417 g/mol. The highest BCUT2D eigenvalue weighted by Gasteiger charge is 2.31. The van der Waals surface area contributed by atoms with Crippen LogP contribution in [-0.4, -0.2) is 73.5 Å². The number of piperazine rings is 1. The van der Waals surface area contributed by atoms with E-state index < -0.39 is 0 Å². The first-order valence-corrected chi connectivity index (χ1v) is 10.7. The van der Waals surface area contributed by atoms with Gasteiger partial charge in [-0.15, -0.1) is 0 Å². The van der Waals surface area contributed by atoms with Gasteiger partial charge in [0.05, 0.1) is 12.8 Å². The molecule has 1 atom stereocenters. The molecular formula is C22H31N3O5. The molecule has 1 aromatic rings. The van der Waals surface area contributed by atoms with Gasteiger partial charge >= 0.3 is 0 Å². The molecule has 3 amide bonds. The Kier molecular flexibility index (Phi) is 8.07. The molecule has 0 bridgehead atoms. The molecule has 2 fully saturated rings. The van der Waals surface area contributed by atoms with Crippen LogP contribution in [0, 0.1) is 0 Å². The number of carbonyl (C=O) groups is 3. The lowest BCUT2D eigenvalue weighted by Crippen LogP contribution is -2.52. The van der Waals surface area contributed by atoms with Gasteiger partial charge in [0, 0.05) is 45.6 Å². The maximum absolute atomic E-state index is 12.4. The number of benzene rings is 1. The number of ether oxygens (including phenoxy) is 2. The molecule has 8 nitrogen and oxygen atoms in total. The van der Waals surface area contributed by atoms with E-state index in [9.17, 15) is 14.4 Å². The molecule has 0 aromatic heterocycles. The second kappa shape index (κ2) is 11.0. The number of amides is 3. The molecule has 0 saturated carbocycles. The molecule has 1 N–H and O–H groups in total. The molecule has 2 aliphatic rings. The maximum Gasteiger partial charge on any atom is 0.251 e. The maximum atomic E-state index is 12.4. The number of nitrogens with zero attached hydrogens (tertiary/aromatic N) is 2. The highest BCUT2D eigenvalue weighted by Crippen LogP contribution is 2.23. The third-order valence-corrected chi connectivity index (χ3v) is 5.57. The highest BCUT2D eigenvalue weighted by atomic mass is 16.5. The van der Waals surface area contributed by atoms with E-state index in [0.717, 1.165) is 12.8 Å². The first-order valence-electron chi connectivity index (χ1n) is 10.7. The third kappa shape index (κ3) is 5.95. The van der Waals surface area contributed by atoms with Gasteiger partial charge in [0.15, 0.2) is 0 Å². The predicted molar refractivity (Wildman–Crippen MR) is 112 cm³/mol. The summed E-state index contributed by atoms with van der Waals surface area (Å²) < 4.78 is 10.7. The Morgan fingerprint density at radius 1 is 1.07 bits per heavy atom. The van der Waals surface area contributed by atoms with Crippen molar-refractivity contribution in [2.24, 2.45) is 0 Å². The molecule has 0 radical (unpaired) electrons. The van der Waals surface area contributed by atoms with Crippen molar-refractivity contribution in [1.82, 2.24) is 9.80 Å². The SMILES string of the molecule is COc1ccccc1NC(=O)CCCCC(=O)N1CCN(C(=O)[C@H]2CCCO2)CC1. The van der Waals surface area contributed by atoms with Crippen LogP contribution in [0.4, 0.5) is 5.69 Å². The van der Waals surface area contributed by atoms with Crippen LogP contribution in [0.3, 0.4) is 0 Å². The number of rotatable bonds is 8. The summed E-state index contributed by atoms with van der Waals surface area (Å²) in [5.74, 6) is 0.677. The highest BCUT2D eigenvalue weighted by molar-refractivity contribution is 5.92. The van der Waals surface area contributed by atoms with Gasteiger partial charge < -0.3 is 24.6 Å². The van der Waals surface area contributed by atoms with Gasteiger partial charge in [-0.25, -0.2) is 0 Å². The molecule has 164 valence electrons. The van der Waals surface area contributed by atoms with Crippen molar-refractivity contribution in [2.45, 2.75) is 44.6 Å². The van der Waals surface area contributed by atoms with Gasteiger partial charge in [-0.2, -0.15) is 0 Å². The Morgan fingerprint density at radius 3 is 2.47 bits per heavy atom. The van der Waals surface area contributed by atoms with E-state index in [1.54, 1.807) is 19.2 Å². The minimum Gasteiger partial charge on any atom is -0.495 e. The van der Waals surface area contributed by atoms with Gasteiger partial charge in [0.25, 0.3) is 5.91 Å². The van der Waals surface area contributed by atoms with Crippen molar-refractivity contribution in [3.8, 4) is 5.75 Å². The number of methoxy groups -OCH3 is 1. The smallest absolute Gasteiger partial charge is 0.251 e. The second-order valence-corrected chi connectivity index (χ2v) is 7.66. The summed E-state index contributed by atoms with van der Waals surface area (Å²) in [5.41, 5.74) is 0.650. The molecule has 0 unspecified atom stereocenters. The Bertz CT molecular complexity index is 740. The fourth-order valence-corrected chi connectivity index (χ4v) is 3.83. The lowest BCUT2D eigenvalue weighted by atomic mass is 10.1. The van der Waals surface area contributed by atoms with Crippen molar-refractivity contribution < 1.29 is 23.9 Å². The van der Waals surface area contributed by atoms with E-state index in [2.05, 4.69) is 5.32 Å². The van der Waals surface area contributed by atoms with E-state index in [4.69, 9.17) is 9.47 Å². The van der Waals surface area contributed by atoms with Gasteiger partial charge in [0.1, 0.15) is 11.9 Å². The Morgan fingerprint density at radius 2 is 1.77 bits per heavy atom. The second-order valence-electron chi connectivity index (χ2n) is 7.66. The Hall–Kier alpha value is -2.61. The average molecular weight is 418 g/mol. The minimum absolute atomic E-state index is 0.0562. The number of nitrogens with one attached hydrogen (secondary N) is 1. The number of para-hydroxylation sites is 2. The normalized spacial score (nSPS) is 18.9. The van der Waals surface area contributed by atoms with E-state index >= 15 is 0 Å². The topological polar surface area (TPSA) is 88.2 Å². The van der Waals surface area contributed by atoms with Crippen molar-refractivity contribution in [2.75, 3.05) is 45.2 Å². The molecule has 0 aliphatic carbocycles. The zero-order chi connectivity index (χ0) is 21.3. The predicted octanol–water partition coefficient (Wildman–Crippen LogP) is 2.04. The van der Waals surface area contributed by atoms with E-state index in [1.165, 1.54) is 0 Å². The standard InChI is InChI=1S/C22H31N3O5/c1-29-18-8-3-2-7-17(18)23-20(26)10-4-5-11-21(27)24-12-14-25(15-13-24)22(28)19-9-6-16-30-19/h2-3,7-8,19H,4-6,9-16H2,1H3,(H,23,26)/t19-/m1/s1. The molecular weight excluding hydrogens is 386 g/mol. The third-order valence-electron chi connectivity index (χ3n) is 5.57. The minimum atomic E-state index is -0.297. The van der Waals surface area contributed by atoms with Gasteiger partial charge in [0.2, 0.25) is 11.8 Å². The number of unbranched alkanes of at least 4 members (excludes halogenated alkanes) is 1. The zero-order valence-corrected chi connectivity index (χ0v) is 17.6. The zero-order valence-electron chi connectivity index (χ0n) is 17.6. The summed E-state index contributed by atoms with van der Waals surface area (Å²) in [7, 11) is 1.56. The van der Waals surface area contributed by atoms with Crippen LogP contribution in [0.2, 0.25) is 0 Å². The van der Waals surface area contributed by atoms with Crippen molar-refractivity contribution in [1.29, 1.82) is 0 Å². The fourth-order valence-electron chi connectivity index (χ4n) is 3.83. The summed E-state index contributed by atoms with van der Waals surface area (Å²) in [5, 5.41) is 2.84. The van der Waals surface area contributed by atoms with E-state index in [-0.39, 0.29) is 23.8 Å². The van der Waals surface area contributed by atoms with Crippen LogP contribution in [0.5, 0.6) is 5.75 Å². The molecule has 0 spiro atoms. The Labute approximate surface area is 177 Å². The molecule has 30 heavy (non-hydrogen) atoms. The molecule has 2 saturated heterocycles. The fraction of sp³-hybridized carbons (Fsp3) is 0.591. The number of carbonyl (C=O) groups excluding carboxylic acids is 3. The number of hydrogen-bond acceptors (Lipinski definition) is 5. The average Bonchev–Trinajstić information content (AvgIpc) is 3.31. The van der Waals surface area contributed by atoms with Crippen LogP contribution in [0.25, 0.3) is 0 Å². The van der Waals surface area contributed by atoms with Gasteiger partial charge in [-0.3, -0.25) is 14.4 Å². The molecule has 1 aromatic carbocycles. The van der Waals surface area contributed by atoms with Crippen LogP contribution < -0.4 is 10.1 Å². The summed E-state index contributed by atoms with van der Waals surface area (Å²) in [6.07, 6.45) is 3.51. The lowest BCUT2D eigenvalue weighted by molar-refractivity contribution is -0.146. The van der Waals surface area contributed by atoms with E-state index in [1.807, 2.05) is 21.9 Å². The molecule has 3 rings (SSSR count). The number of hydrogen-bond donors (Lipinski definition) is 1. The van der Waals surface area contributed by atoms with Crippen LogP contribution >= 0.6 is 0 Å². The van der Waals surface area contributed by atoms with Crippen LogP contribution in [0.1, 0.15) is 38.5 Å². The largest absolute Gasteiger partial charge is 0.495 e. The summed E-state index contributed by atoms with van der Waals surface area (Å²) in [4.78, 5) is 40.6. The Balaban J connectivity index is 1.31.